The Labute approximate surface area is 140 Å². The average Bonchev–Trinajstić information content (AvgIpc) is 3.07. The van der Waals surface area contributed by atoms with Gasteiger partial charge in [-0.2, -0.15) is 0 Å². The van der Waals surface area contributed by atoms with Gasteiger partial charge in [0.2, 0.25) is 5.91 Å². The van der Waals surface area contributed by atoms with Gasteiger partial charge >= 0.3 is 0 Å². The second kappa shape index (κ2) is 6.49. The number of morpholine rings is 1. The summed E-state index contributed by atoms with van der Waals surface area (Å²) in [5, 5.41) is 1.02. The highest BCUT2D eigenvalue weighted by atomic mass is 16.5. The third kappa shape index (κ3) is 2.81. The van der Waals surface area contributed by atoms with Crippen molar-refractivity contribution in [3.63, 3.8) is 0 Å². The second-order valence-corrected chi connectivity index (χ2v) is 5.97. The first-order valence-corrected chi connectivity index (χ1v) is 8.23. The molecule has 0 saturated carbocycles. The molecule has 0 bridgehead atoms. The Morgan fingerprint density at radius 2 is 1.67 bits per heavy atom. The van der Waals surface area contributed by atoms with Gasteiger partial charge in [-0.3, -0.25) is 4.79 Å². The Bertz CT molecular complexity index is 801. The number of ether oxygens (including phenoxy) is 1. The van der Waals surface area contributed by atoms with E-state index in [0.29, 0.717) is 32.1 Å². The summed E-state index contributed by atoms with van der Waals surface area (Å²) in [6.07, 6.45) is 0. The van der Waals surface area contributed by atoms with Gasteiger partial charge in [0.05, 0.1) is 13.2 Å². The molecule has 1 aliphatic heterocycles. The topological polar surface area (TPSA) is 42.7 Å². The Morgan fingerprint density at radius 1 is 0.958 bits per heavy atom. The minimum Gasteiger partial charge on any atom is -0.460 e. The first-order valence-electron chi connectivity index (χ1n) is 8.23. The molecule has 0 N–H and O–H groups in total. The van der Waals surface area contributed by atoms with Gasteiger partial charge in [-0.15, -0.1) is 0 Å². The molecule has 1 fully saturated rings. The van der Waals surface area contributed by atoms with Gasteiger partial charge in [-0.25, -0.2) is 0 Å². The highest BCUT2D eigenvalue weighted by Crippen LogP contribution is 2.31. The lowest BCUT2D eigenvalue weighted by atomic mass is 9.94. The maximum atomic E-state index is 13.2. The maximum Gasteiger partial charge on any atom is 0.237 e. The quantitative estimate of drug-likeness (QED) is 0.742. The number of hydrogen-bond donors (Lipinski definition) is 0. The number of rotatable bonds is 3. The predicted molar refractivity (Wildman–Crippen MR) is 91.9 cm³/mol. The van der Waals surface area contributed by atoms with Crippen molar-refractivity contribution < 1.29 is 13.9 Å². The van der Waals surface area contributed by atoms with E-state index in [9.17, 15) is 4.79 Å². The van der Waals surface area contributed by atoms with Gasteiger partial charge < -0.3 is 14.1 Å². The van der Waals surface area contributed by atoms with Crippen molar-refractivity contribution in [3.05, 3.63) is 72.0 Å². The molecule has 3 aromatic rings. The smallest absolute Gasteiger partial charge is 0.237 e. The summed E-state index contributed by atoms with van der Waals surface area (Å²) in [4.78, 5) is 15.1. The molecule has 1 saturated heterocycles. The van der Waals surface area contributed by atoms with Gasteiger partial charge in [-0.1, -0.05) is 48.5 Å². The van der Waals surface area contributed by atoms with Crippen LogP contribution in [0.25, 0.3) is 11.0 Å². The Balaban J connectivity index is 1.76. The van der Waals surface area contributed by atoms with Crippen LogP contribution in [0.2, 0.25) is 0 Å². The van der Waals surface area contributed by atoms with E-state index in [1.165, 1.54) is 0 Å². The van der Waals surface area contributed by atoms with Crippen molar-refractivity contribution in [1.29, 1.82) is 0 Å². The number of para-hydroxylation sites is 1. The molecular formula is C20H19NO3. The molecule has 0 aliphatic carbocycles. The molecule has 4 rings (SSSR count). The fraction of sp³-hybridized carbons (Fsp3) is 0.250. The summed E-state index contributed by atoms with van der Waals surface area (Å²) in [7, 11) is 0. The van der Waals surface area contributed by atoms with E-state index in [4.69, 9.17) is 9.15 Å². The number of nitrogens with zero attached hydrogens (tertiary/aromatic N) is 1. The Morgan fingerprint density at radius 3 is 2.42 bits per heavy atom. The third-order valence-corrected chi connectivity index (χ3v) is 4.43. The second-order valence-electron chi connectivity index (χ2n) is 5.97. The standard InChI is InChI=1S/C20H19NO3/c22-20(21-10-12-23-13-11-21)19(15-6-2-1-3-7-15)18-14-16-8-4-5-9-17(16)24-18/h1-9,14,19H,10-13H2. The molecule has 24 heavy (non-hydrogen) atoms. The van der Waals surface area contributed by atoms with Gasteiger partial charge in [0, 0.05) is 18.5 Å². The first kappa shape index (κ1) is 15.0. The summed E-state index contributed by atoms with van der Waals surface area (Å²) < 4.78 is 11.4. The van der Waals surface area contributed by atoms with Crippen molar-refractivity contribution in [2.24, 2.45) is 0 Å². The zero-order valence-corrected chi connectivity index (χ0v) is 13.4. The number of fused-ring (bicyclic) bond motifs is 1. The van der Waals surface area contributed by atoms with Crippen molar-refractivity contribution in [2.45, 2.75) is 5.92 Å². The largest absolute Gasteiger partial charge is 0.460 e. The lowest BCUT2D eigenvalue weighted by molar-refractivity contribution is -0.136. The Kier molecular flexibility index (Phi) is 4.05. The lowest BCUT2D eigenvalue weighted by Crippen LogP contribution is -2.43. The van der Waals surface area contributed by atoms with Gasteiger partial charge in [0.15, 0.2) is 0 Å². The van der Waals surface area contributed by atoms with E-state index in [-0.39, 0.29) is 5.91 Å². The molecule has 1 aliphatic rings. The number of furan rings is 1. The number of carbonyl (C=O) groups excluding carboxylic acids is 1. The molecular weight excluding hydrogens is 302 g/mol. The molecule has 1 aromatic heterocycles. The summed E-state index contributed by atoms with van der Waals surface area (Å²) in [5.74, 6) is 0.346. The van der Waals surface area contributed by atoms with Crippen LogP contribution in [0.5, 0.6) is 0 Å². The molecule has 0 spiro atoms. The van der Waals surface area contributed by atoms with E-state index < -0.39 is 5.92 Å². The van der Waals surface area contributed by atoms with Crippen molar-refractivity contribution in [3.8, 4) is 0 Å². The van der Waals surface area contributed by atoms with E-state index in [0.717, 1.165) is 16.5 Å². The first-order chi connectivity index (χ1) is 11.8. The zero-order valence-electron chi connectivity index (χ0n) is 13.4. The fourth-order valence-electron chi connectivity index (χ4n) is 3.19. The average molecular weight is 321 g/mol. The highest BCUT2D eigenvalue weighted by molar-refractivity contribution is 5.88. The van der Waals surface area contributed by atoms with Crippen molar-refractivity contribution >= 4 is 16.9 Å². The van der Waals surface area contributed by atoms with E-state index >= 15 is 0 Å². The van der Waals surface area contributed by atoms with Crippen LogP contribution in [0.4, 0.5) is 0 Å². The Hall–Kier alpha value is -2.59. The van der Waals surface area contributed by atoms with Crippen LogP contribution in [-0.2, 0) is 9.53 Å². The molecule has 4 nitrogen and oxygen atoms in total. The lowest BCUT2D eigenvalue weighted by Gasteiger charge is -2.30. The van der Waals surface area contributed by atoms with Crippen LogP contribution in [-0.4, -0.2) is 37.1 Å². The summed E-state index contributed by atoms with van der Waals surface area (Å²) in [5.41, 5.74) is 1.76. The molecule has 2 heterocycles. The highest BCUT2D eigenvalue weighted by Gasteiger charge is 2.31. The van der Waals surface area contributed by atoms with E-state index in [2.05, 4.69) is 0 Å². The molecule has 1 unspecified atom stereocenters. The summed E-state index contributed by atoms with van der Waals surface area (Å²) >= 11 is 0. The zero-order chi connectivity index (χ0) is 16.4. The van der Waals surface area contributed by atoms with Crippen LogP contribution in [0, 0.1) is 0 Å². The van der Waals surface area contributed by atoms with Gasteiger partial charge in [0.25, 0.3) is 0 Å². The molecule has 1 amide bonds. The molecule has 2 aromatic carbocycles. The summed E-state index contributed by atoms with van der Waals surface area (Å²) in [6.45, 7) is 2.44. The molecule has 4 heteroatoms. The monoisotopic (exact) mass is 321 g/mol. The van der Waals surface area contributed by atoms with E-state index in [1.54, 1.807) is 0 Å². The van der Waals surface area contributed by atoms with Crippen LogP contribution in [0.15, 0.2) is 65.1 Å². The number of benzene rings is 2. The van der Waals surface area contributed by atoms with E-state index in [1.807, 2.05) is 65.6 Å². The van der Waals surface area contributed by atoms with Crippen molar-refractivity contribution in [1.82, 2.24) is 4.90 Å². The van der Waals surface area contributed by atoms with Crippen LogP contribution >= 0.6 is 0 Å². The number of hydrogen-bond acceptors (Lipinski definition) is 3. The molecule has 1 atom stereocenters. The van der Waals surface area contributed by atoms with Crippen LogP contribution < -0.4 is 0 Å². The normalized spacial score (nSPS) is 16.2. The van der Waals surface area contributed by atoms with Gasteiger partial charge in [-0.05, 0) is 17.7 Å². The fourth-order valence-corrected chi connectivity index (χ4v) is 3.19. The minimum absolute atomic E-state index is 0.0727. The molecule has 122 valence electrons. The number of amides is 1. The SMILES string of the molecule is O=C(C(c1ccccc1)c1cc2ccccc2o1)N1CCOCC1. The van der Waals surface area contributed by atoms with Crippen LogP contribution in [0.3, 0.4) is 0 Å². The third-order valence-electron chi connectivity index (χ3n) is 4.43. The maximum absolute atomic E-state index is 13.2. The van der Waals surface area contributed by atoms with Crippen molar-refractivity contribution in [2.75, 3.05) is 26.3 Å². The van der Waals surface area contributed by atoms with Gasteiger partial charge in [0.1, 0.15) is 17.3 Å². The minimum atomic E-state index is -0.420. The summed E-state index contributed by atoms with van der Waals surface area (Å²) in [6, 6.07) is 19.7. The van der Waals surface area contributed by atoms with Crippen LogP contribution in [0.1, 0.15) is 17.2 Å². The predicted octanol–water partition coefficient (Wildman–Crippen LogP) is 3.42. The molecule has 0 radical (unpaired) electrons. The number of carbonyl (C=O) groups is 1.